The van der Waals surface area contributed by atoms with Crippen LogP contribution in [0.3, 0.4) is 0 Å². The minimum atomic E-state index is -1.04. The van der Waals surface area contributed by atoms with Crippen molar-refractivity contribution in [3.8, 4) is 0 Å². The van der Waals surface area contributed by atoms with E-state index in [1.807, 2.05) is 42.5 Å². The standard InChI is InChI=1S/C14H13NO3/c1-10(15-18-9-14(16)17)12-8-4-6-11-5-2-3-7-13(11)12/h2-8H,9H2,1H3,(H,16,17)/b15-10+. The van der Waals surface area contributed by atoms with Gasteiger partial charge in [-0.15, -0.1) is 0 Å². The number of carbonyl (C=O) groups is 1. The second kappa shape index (κ2) is 5.31. The molecule has 0 amide bonds. The molecule has 4 nitrogen and oxygen atoms in total. The molecule has 0 bridgehead atoms. The highest BCUT2D eigenvalue weighted by molar-refractivity contribution is 6.09. The second-order valence-electron chi connectivity index (χ2n) is 3.87. The Hall–Kier alpha value is -2.36. The number of hydrogen-bond acceptors (Lipinski definition) is 3. The SMILES string of the molecule is C/C(=N\OCC(=O)O)c1cccc2ccccc12. The van der Waals surface area contributed by atoms with Gasteiger partial charge in [0.25, 0.3) is 0 Å². The fraction of sp³-hybridized carbons (Fsp3) is 0.143. The van der Waals surface area contributed by atoms with E-state index in [1.54, 1.807) is 6.92 Å². The summed E-state index contributed by atoms with van der Waals surface area (Å²) in [4.78, 5) is 15.1. The van der Waals surface area contributed by atoms with Gasteiger partial charge in [-0.1, -0.05) is 47.6 Å². The highest BCUT2D eigenvalue weighted by Crippen LogP contribution is 2.19. The zero-order valence-electron chi connectivity index (χ0n) is 9.96. The van der Waals surface area contributed by atoms with Gasteiger partial charge in [-0.25, -0.2) is 4.79 Å². The Morgan fingerprint density at radius 1 is 1.22 bits per heavy atom. The molecule has 2 aromatic carbocycles. The number of benzene rings is 2. The minimum Gasteiger partial charge on any atom is -0.479 e. The van der Waals surface area contributed by atoms with Crippen LogP contribution in [0.4, 0.5) is 0 Å². The van der Waals surface area contributed by atoms with E-state index in [0.29, 0.717) is 5.71 Å². The molecule has 0 radical (unpaired) electrons. The van der Waals surface area contributed by atoms with E-state index in [9.17, 15) is 4.79 Å². The van der Waals surface area contributed by atoms with Gasteiger partial charge in [0.1, 0.15) is 0 Å². The first kappa shape index (κ1) is 12.1. The first-order valence-electron chi connectivity index (χ1n) is 5.55. The number of carboxylic acid groups (broad SMARTS) is 1. The molecule has 2 aromatic rings. The Morgan fingerprint density at radius 2 is 1.94 bits per heavy atom. The van der Waals surface area contributed by atoms with E-state index in [1.165, 1.54) is 0 Å². The van der Waals surface area contributed by atoms with Crippen LogP contribution in [0.1, 0.15) is 12.5 Å². The third kappa shape index (κ3) is 2.66. The van der Waals surface area contributed by atoms with Gasteiger partial charge in [0.2, 0.25) is 6.61 Å². The van der Waals surface area contributed by atoms with Gasteiger partial charge in [0.05, 0.1) is 5.71 Å². The van der Waals surface area contributed by atoms with Crippen LogP contribution < -0.4 is 0 Å². The molecule has 2 rings (SSSR count). The number of carboxylic acids is 1. The van der Waals surface area contributed by atoms with Gasteiger partial charge in [0, 0.05) is 5.56 Å². The Morgan fingerprint density at radius 3 is 2.72 bits per heavy atom. The molecule has 0 unspecified atom stereocenters. The monoisotopic (exact) mass is 243 g/mol. The molecule has 0 aromatic heterocycles. The van der Waals surface area contributed by atoms with Crippen molar-refractivity contribution in [1.82, 2.24) is 0 Å². The Kier molecular flexibility index (Phi) is 3.57. The zero-order valence-corrected chi connectivity index (χ0v) is 9.96. The van der Waals surface area contributed by atoms with Crippen LogP contribution >= 0.6 is 0 Å². The third-order valence-electron chi connectivity index (χ3n) is 2.57. The number of aliphatic carboxylic acids is 1. The molecule has 0 fully saturated rings. The normalized spacial score (nSPS) is 11.5. The molecule has 1 N–H and O–H groups in total. The summed E-state index contributed by atoms with van der Waals surface area (Å²) in [6, 6.07) is 13.8. The second-order valence-corrected chi connectivity index (χ2v) is 3.87. The summed E-state index contributed by atoms with van der Waals surface area (Å²) in [6.45, 7) is 1.37. The smallest absolute Gasteiger partial charge is 0.344 e. The molecule has 92 valence electrons. The number of rotatable bonds is 4. The van der Waals surface area contributed by atoms with Gasteiger partial charge in [0.15, 0.2) is 0 Å². The van der Waals surface area contributed by atoms with Crippen molar-refractivity contribution in [3.05, 3.63) is 48.0 Å². The molecule has 0 atom stereocenters. The van der Waals surface area contributed by atoms with Crippen LogP contribution in [-0.4, -0.2) is 23.4 Å². The van der Waals surface area contributed by atoms with Crippen molar-refractivity contribution < 1.29 is 14.7 Å². The van der Waals surface area contributed by atoms with Crippen LogP contribution in [0.2, 0.25) is 0 Å². The quantitative estimate of drug-likeness (QED) is 0.663. The van der Waals surface area contributed by atoms with Gasteiger partial charge < -0.3 is 9.94 Å². The molecule has 0 saturated heterocycles. The molecule has 0 aliphatic rings. The molecular formula is C14H13NO3. The van der Waals surface area contributed by atoms with Gasteiger partial charge >= 0.3 is 5.97 Å². The van der Waals surface area contributed by atoms with E-state index in [-0.39, 0.29) is 0 Å². The number of hydrogen-bond donors (Lipinski definition) is 1. The highest BCUT2D eigenvalue weighted by Gasteiger charge is 2.04. The van der Waals surface area contributed by atoms with E-state index < -0.39 is 12.6 Å². The summed E-state index contributed by atoms with van der Waals surface area (Å²) < 4.78 is 0. The molecule has 0 heterocycles. The summed E-state index contributed by atoms with van der Waals surface area (Å²) in [5.41, 5.74) is 1.60. The van der Waals surface area contributed by atoms with Gasteiger partial charge in [-0.3, -0.25) is 0 Å². The Balaban J connectivity index is 2.32. The molecule has 0 spiro atoms. The lowest BCUT2D eigenvalue weighted by Crippen LogP contribution is -2.05. The van der Waals surface area contributed by atoms with Crippen LogP contribution in [0.15, 0.2) is 47.6 Å². The average Bonchev–Trinajstić information content (AvgIpc) is 2.37. The van der Waals surface area contributed by atoms with Gasteiger partial charge in [-0.05, 0) is 17.7 Å². The maximum atomic E-state index is 10.3. The largest absolute Gasteiger partial charge is 0.479 e. The van der Waals surface area contributed by atoms with Gasteiger partial charge in [-0.2, -0.15) is 0 Å². The maximum Gasteiger partial charge on any atom is 0.344 e. The third-order valence-corrected chi connectivity index (χ3v) is 2.57. The van der Waals surface area contributed by atoms with Crippen LogP contribution in [0, 0.1) is 0 Å². The molecule has 0 aliphatic carbocycles. The maximum absolute atomic E-state index is 10.3. The van der Waals surface area contributed by atoms with Crippen LogP contribution in [0.25, 0.3) is 10.8 Å². The van der Waals surface area contributed by atoms with Crippen molar-refractivity contribution in [3.63, 3.8) is 0 Å². The number of fused-ring (bicyclic) bond motifs is 1. The summed E-state index contributed by atoms with van der Waals surface area (Å²) >= 11 is 0. The lowest BCUT2D eigenvalue weighted by atomic mass is 10.0. The minimum absolute atomic E-state index is 0.428. The predicted molar refractivity (Wildman–Crippen MR) is 69.7 cm³/mol. The van der Waals surface area contributed by atoms with E-state index in [4.69, 9.17) is 9.94 Å². The molecule has 0 aliphatic heterocycles. The molecule has 18 heavy (non-hydrogen) atoms. The molecule has 4 heteroatoms. The lowest BCUT2D eigenvalue weighted by Gasteiger charge is -2.05. The Bertz CT molecular complexity index is 600. The van der Waals surface area contributed by atoms with Crippen molar-refractivity contribution in [2.75, 3.05) is 6.61 Å². The van der Waals surface area contributed by atoms with Crippen molar-refractivity contribution >= 4 is 22.5 Å². The summed E-state index contributed by atoms with van der Waals surface area (Å²) in [5, 5.41) is 14.5. The Labute approximate surface area is 104 Å². The number of oxime groups is 1. The average molecular weight is 243 g/mol. The van der Waals surface area contributed by atoms with Crippen LogP contribution in [0.5, 0.6) is 0 Å². The summed E-state index contributed by atoms with van der Waals surface area (Å²) in [5.74, 6) is -1.04. The molecule has 0 saturated carbocycles. The molecular weight excluding hydrogens is 230 g/mol. The van der Waals surface area contributed by atoms with Crippen LogP contribution in [-0.2, 0) is 9.63 Å². The summed E-state index contributed by atoms with van der Waals surface area (Å²) in [6.07, 6.45) is 0. The summed E-state index contributed by atoms with van der Waals surface area (Å²) in [7, 11) is 0. The van der Waals surface area contributed by atoms with Crippen molar-refractivity contribution in [1.29, 1.82) is 0 Å². The first-order chi connectivity index (χ1) is 8.68. The number of nitrogens with zero attached hydrogens (tertiary/aromatic N) is 1. The lowest BCUT2D eigenvalue weighted by molar-refractivity contribution is -0.142. The van der Waals surface area contributed by atoms with E-state index >= 15 is 0 Å². The first-order valence-corrected chi connectivity index (χ1v) is 5.55. The topological polar surface area (TPSA) is 58.9 Å². The highest BCUT2D eigenvalue weighted by atomic mass is 16.6. The van der Waals surface area contributed by atoms with Crippen molar-refractivity contribution in [2.24, 2.45) is 5.16 Å². The van der Waals surface area contributed by atoms with E-state index in [0.717, 1.165) is 16.3 Å². The van der Waals surface area contributed by atoms with Crippen molar-refractivity contribution in [2.45, 2.75) is 6.92 Å². The fourth-order valence-corrected chi connectivity index (χ4v) is 1.77. The zero-order chi connectivity index (χ0) is 13.0. The fourth-order valence-electron chi connectivity index (χ4n) is 1.77. The predicted octanol–water partition coefficient (Wildman–Crippen LogP) is 2.67. The van der Waals surface area contributed by atoms with E-state index in [2.05, 4.69) is 5.16 Å².